The molecule has 0 heterocycles. The molecular formula is C6H3N3O12S2. The molecule has 0 saturated carbocycles. The van der Waals surface area contributed by atoms with E-state index in [2.05, 4.69) is 4.18 Å². The fourth-order valence-corrected chi connectivity index (χ4v) is 2.19. The Labute approximate surface area is 124 Å². The summed E-state index contributed by atoms with van der Waals surface area (Å²) in [5.41, 5.74) is -4.88. The Kier molecular flexibility index (Phi) is 4.49. The van der Waals surface area contributed by atoms with Crippen LogP contribution >= 0.6 is 0 Å². The largest absolute Gasteiger partial charge is 0.444 e. The maximum atomic E-state index is 11.1. The molecule has 0 bridgehead atoms. The molecule has 126 valence electrons. The third-order valence-corrected chi connectivity index (χ3v) is 4.76. The van der Waals surface area contributed by atoms with E-state index in [-0.39, 0.29) is 6.07 Å². The summed E-state index contributed by atoms with van der Waals surface area (Å²) in [5, 5.41) is 32.3. The van der Waals surface area contributed by atoms with E-state index in [9.17, 15) is 47.2 Å². The van der Waals surface area contributed by atoms with Crippen molar-refractivity contribution in [3.63, 3.8) is 0 Å². The van der Waals surface area contributed by atoms with Crippen LogP contribution in [0.1, 0.15) is 0 Å². The summed E-state index contributed by atoms with van der Waals surface area (Å²) in [6.45, 7) is 0. The molecule has 15 nitrogen and oxygen atoms in total. The summed E-state index contributed by atoms with van der Waals surface area (Å²) in [7, 11) is -11.7. The van der Waals surface area contributed by atoms with Gasteiger partial charge in [-0.05, 0) is 6.07 Å². The van der Waals surface area contributed by atoms with Gasteiger partial charge in [-0.15, -0.1) is 0 Å². The minimum Gasteiger partial charge on any atom is -0.362 e. The van der Waals surface area contributed by atoms with Crippen LogP contribution in [0.15, 0.2) is 12.1 Å². The van der Waals surface area contributed by atoms with Gasteiger partial charge >= 0.3 is 35.4 Å². The Morgan fingerprint density at radius 3 is 1.70 bits per heavy atom. The monoisotopic (exact) mass is 373 g/mol. The van der Waals surface area contributed by atoms with Crippen molar-refractivity contribution in [2.45, 2.75) is 0 Å². The van der Waals surface area contributed by atoms with Crippen LogP contribution in [0.2, 0.25) is 0 Å². The fourth-order valence-electron chi connectivity index (χ4n) is 1.27. The highest BCUT2D eigenvalue weighted by atomic mass is 33.2. The van der Waals surface area contributed by atoms with Crippen LogP contribution in [0.5, 0.6) is 5.75 Å². The summed E-state index contributed by atoms with van der Waals surface area (Å²) in [6.07, 6.45) is 0. The van der Waals surface area contributed by atoms with E-state index >= 15 is 0 Å². The predicted octanol–water partition coefficient (Wildman–Crippen LogP) is -0.0774. The minimum absolute atomic E-state index is 0.256. The normalized spacial score (nSPS) is 11.7. The van der Waals surface area contributed by atoms with Crippen LogP contribution in [0.3, 0.4) is 0 Å². The quantitative estimate of drug-likeness (QED) is 0.299. The lowest BCUT2D eigenvalue weighted by Crippen LogP contribution is -2.20. The van der Waals surface area contributed by atoms with Gasteiger partial charge in [0.05, 0.1) is 14.8 Å². The molecule has 1 N–H and O–H groups in total. The molecule has 0 aromatic heterocycles. The number of hydrogen-bond acceptors (Lipinski definition) is 11. The molecule has 0 aliphatic rings. The van der Waals surface area contributed by atoms with Crippen molar-refractivity contribution in [2.24, 2.45) is 0 Å². The van der Waals surface area contributed by atoms with Crippen molar-refractivity contribution in [3.8, 4) is 5.75 Å². The van der Waals surface area contributed by atoms with Gasteiger partial charge < -0.3 is 4.18 Å². The summed E-state index contributed by atoms with van der Waals surface area (Å²) in [5.74, 6) is -1.51. The third kappa shape index (κ3) is 3.46. The SMILES string of the molecule is O=[N+]([O-])c1ccc(OS(=O)(=O)S(=O)(=O)O)c([N+](=O)[O-])c1[N+](=O)[O-]. The minimum atomic E-state index is -5.88. The van der Waals surface area contributed by atoms with Gasteiger partial charge in [0.1, 0.15) is 0 Å². The van der Waals surface area contributed by atoms with Crippen molar-refractivity contribution in [2.75, 3.05) is 0 Å². The van der Waals surface area contributed by atoms with Crippen molar-refractivity contribution >= 4 is 35.4 Å². The molecule has 0 amide bonds. The zero-order valence-electron chi connectivity index (χ0n) is 10.3. The van der Waals surface area contributed by atoms with Gasteiger partial charge in [-0.1, -0.05) is 0 Å². The van der Waals surface area contributed by atoms with Crippen LogP contribution in [0.4, 0.5) is 17.1 Å². The molecular weight excluding hydrogens is 370 g/mol. The molecule has 0 atom stereocenters. The Balaban J connectivity index is 3.78. The van der Waals surface area contributed by atoms with E-state index in [4.69, 9.17) is 4.55 Å². The lowest BCUT2D eigenvalue weighted by atomic mass is 10.2. The Morgan fingerprint density at radius 2 is 1.35 bits per heavy atom. The molecule has 0 fully saturated rings. The number of rotatable bonds is 6. The van der Waals surface area contributed by atoms with Gasteiger partial charge in [0, 0.05) is 6.07 Å². The average molecular weight is 373 g/mol. The van der Waals surface area contributed by atoms with E-state index in [1.807, 2.05) is 0 Å². The van der Waals surface area contributed by atoms with E-state index in [0.29, 0.717) is 6.07 Å². The van der Waals surface area contributed by atoms with E-state index in [1.54, 1.807) is 0 Å². The first-order valence-corrected chi connectivity index (χ1v) is 8.18. The third-order valence-electron chi connectivity index (χ3n) is 2.10. The molecule has 0 aliphatic heterocycles. The first kappa shape index (κ1) is 18.1. The van der Waals surface area contributed by atoms with E-state index < -0.39 is 55.9 Å². The molecule has 23 heavy (non-hydrogen) atoms. The molecule has 1 aromatic rings. The highest BCUT2D eigenvalue weighted by Crippen LogP contribution is 2.43. The maximum Gasteiger partial charge on any atom is 0.444 e. The van der Waals surface area contributed by atoms with Gasteiger partial charge in [0.25, 0.3) is 0 Å². The summed E-state index contributed by atoms with van der Waals surface area (Å²) in [4.78, 5) is 27.8. The zero-order valence-corrected chi connectivity index (χ0v) is 11.9. The fraction of sp³-hybridized carbons (Fsp3) is 0. The van der Waals surface area contributed by atoms with Crippen molar-refractivity contribution < 1.29 is 40.3 Å². The van der Waals surface area contributed by atoms with E-state index in [1.165, 1.54) is 0 Å². The molecule has 1 rings (SSSR count). The van der Waals surface area contributed by atoms with Gasteiger partial charge in [-0.3, -0.25) is 34.9 Å². The second-order valence-corrected chi connectivity index (χ2v) is 7.80. The Bertz CT molecular complexity index is 916. The molecule has 0 unspecified atom stereocenters. The molecule has 0 saturated heterocycles. The maximum absolute atomic E-state index is 11.1. The average Bonchev–Trinajstić information content (AvgIpc) is 2.35. The van der Waals surface area contributed by atoms with Crippen LogP contribution in [-0.2, 0) is 18.3 Å². The second kappa shape index (κ2) is 5.70. The number of benzene rings is 1. The highest BCUT2D eigenvalue weighted by molar-refractivity contribution is 8.63. The van der Waals surface area contributed by atoms with Crippen LogP contribution in [-0.4, -0.2) is 36.2 Å². The predicted molar refractivity (Wildman–Crippen MR) is 67.5 cm³/mol. The number of nitro benzene ring substituents is 3. The van der Waals surface area contributed by atoms with Crippen LogP contribution in [0.25, 0.3) is 0 Å². The molecule has 17 heteroatoms. The summed E-state index contributed by atoms with van der Waals surface area (Å²) >= 11 is 0. The molecule has 1 aromatic carbocycles. The van der Waals surface area contributed by atoms with Crippen molar-refractivity contribution in [1.29, 1.82) is 0 Å². The summed E-state index contributed by atoms with van der Waals surface area (Å²) in [6, 6.07) is 0.548. The van der Waals surface area contributed by atoms with Crippen LogP contribution in [0, 0.1) is 30.3 Å². The number of hydrogen-bond donors (Lipinski definition) is 1. The first-order valence-electron chi connectivity index (χ1n) is 4.81. The van der Waals surface area contributed by atoms with Crippen molar-refractivity contribution in [1.82, 2.24) is 0 Å². The van der Waals surface area contributed by atoms with Gasteiger partial charge in [0.15, 0.2) is 0 Å². The molecule has 0 radical (unpaired) electrons. The zero-order chi connectivity index (χ0) is 18.2. The number of nitrogens with zero attached hydrogens (tertiary/aromatic N) is 3. The van der Waals surface area contributed by atoms with Crippen molar-refractivity contribution in [3.05, 3.63) is 42.5 Å². The number of nitro groups is 3. The smallest absolute Gasteiger partial charge is 0.362 e. The molecule has 0 spiro atoms. The standard InChI is InChI=1S/C6H3N3O12S2/c10-7(11)3-1-2-4(21-23(19,20)22(16,17)18)6(9(14)15)5(3)8(12)13/h1-2H,(H,16,17,18). The summed E-state index contributed by atoms with van der Waals surface area (Å²) < 4.78 is 55.5. The van der Waals surface area contributed by atoms with Crippen LogP contribution < -0.4 is 4.18 Å². The Morgan fingerprint density at radius 1 is 0.870 bits per heavy atom. The van der Waals surface area contributed by atoms with Gasteiger partial charge in [-0.2, -0.15) is 16.8 Å². The van der Waals surface area contributed by atoms with Gasteiger partial charge in [-0.25, -0.2) is 0 Å². The van der Waals surface area contributed by atoms with E-state index in [0.717, 1.165) is 0 Å². The second-order valence-electron chi connectivity index (χ2n) is 3.47. The first-order chi connectivity index (χ1) is 10.3. The molecule has 0 aliphatic carbocycles. The lowest BCUT2D eigenvalue weighted by molar-refractivity contribution is -0.441. The Hall–Kier alpha value is -2.92. The topological polar surface area (TPSA) is 227 Å². The highest BCUT2D eigenvalue weighted by Gasteiger charge is 2.42. The lowest BCUT2D eigenvalue weighted by Gasteiger charge is -2.05. The van der Waals surface area contributed by atoms with Gasteiger partial charge in [0.2, 0.25) is 5.75 Å².